The summed E-state index contributed by atoms with van der Waals surface area (Å²) in [6.07, 6.45) is 1.17. The summed E-state index contributed by atoms with van der Waals surface area (Å²) < 4.78 is 4.83. The minimum Gasteiger partial charge on any atom is -0.466 e. The molecule has 0 fully saturated rings. The normalized spacial score (nSPS) is 10.1. The summed E-state index contributed by atoms with van der Waals surface area (Å²) in [5, 5.41) is 5.99. The molecular formula is C15H22N2O3. The maximum atomic E-state index is 11.7. The van der Waals surface area contributed by atoms with Gasteiger partial charge in [0.15, 0.2) is 0 Å². The van der Waals surface area contributed by atoms with Gasteiger partial charge in [0.25, 0.3) is 5.91 Å². The van der Waals surface area contributed by atoms with Gasteiger partial charge in [-0.1, -0.05) is 18.2 Å². The number of carbonyl (C=O) groups excluding carboxylic acids is 2. The number of rotatable bonds is 9. The largest absolute Gasteiger partial charge is 0.466 e. The van der Waals surface area contributed by atoms with Crippen molar-refractivity contribution in [3.63, 3.8) is 0 Å². The Bertz CT molecular complexity index is 407. The second-order valence-electron chi connectivity index (χ2n) is 4.28. The molecule has 1 rings (SSSR count). The van der Waals surface area contributed by atoms with Crippen LogP contribution in [0.15, 0.2) is 30.3 Å². The highest BCUT2D eigenvalue weighted by atomic mass is 16.5. The molecule has 0 aromatic heterocycles. The maximum Gasteiger partial charge on any atom is 0.305 e. The second-order valence-corrected chi connectivity index (χ2v) is 4.28. The van der Waals surface area contributed by atoms with Crippen molar-refractivity contribution >= 4 is 11.9 Å². The molecular weight excluding hydrogens is 256 g/mol. The standard InChI is InChI=1S/C15H22N2O3/c1-2-20-14(18)9-6-10-16-11-12-17-15(19)13-7-4-3-5-8-13/h3-5,7-8,16H,2,6,9-12H2,1H3,(H,17,19). The summed E-state index contributed by atoms with van der Waals surface area (Å²) >= 11 is 0. The zero-order valence-electron chi connectivity index (χ0n) is 11.9. The zero-order chi connectivity index (χ0) is 14.6. The van der Waals surface area contributed by atoms with E-state index in [1.54, 1.807) is 19.1 Å². The lowest BCUT2D eigenvalue weighted by molar-refractivity contribution is -0.143. The molecule has 20 heavy (non-hydrogen) atoms. The molecule has 5 heteroatoms. The molecule has 0 bridgehead atoms. The molecule has 0 spiro atoms. The Morgan fingerprint density at radius 3 is 2.55 bits per heavy atom. The number of ether oxygens (including phenoxy) is 1. The van der Waals surface area contributed by atoms with E-state index in [2.05, 4.69) is 10.6 Å². The minimum atomic E-state index is -0.160. The summed E-state index contributed by atoms with van der Waals surface area (Å²) in [4.78, 5) is 22.8. The van der Waals surface area contributed by atoms with Gasteiger partial charge in [-0.25, -0.2) is 0 Å². The van der Waals surface area contributed by atoms with Gasteiger partial charge < -0.3 is 15.4 Å². The third kappa shape index (κ3) is 6.89. The van der Waals surface area contributed by atoms with Crippen molar-refractivity contribution in [3.8, 4) is 0 Å². The fourth-order valence-corrected chi connectivity index (χ4v) is 1.67. The number of amides is 1. The highest BCUT2D eigenvalue weighted by molar-refractivity contribution is 5.94. The summed E-state index contributed by atoms with van der Waals surface area (Å²) in [6, 6.07) is 9.11. The first-order chi connectivity index (χ1) is 9.74. The first-order valence-corrected chi connectivity index (χ1v) is 6.93. The molecule has 1 amide bonds. The Labute approximate surface area is 119 Å². The molecule has 1 aromatic rings. The smallest absolute Gasteiger partial charge is 0.305 e. The Balaban J connectivity index is 2.00. The average molecular weight is 278 g/mol. The van der Waals surface area contributed by atoms with Gasteiger partial charge in [-0.2, -0.15) is 0 Å². The molecule has 0 saturated carbocycles. The number of carbonyl (C=O) groups is 2. The van der Waals surface area contributed by atoms with Gasteiger partial charge in [0.05, 0.1) is 6.61 Å². The Kier molecular flexibility index (Phi) is 8.07. The van der Waals surface area contributed by atoms with Crippen LogP contribution >= 0.6 is 0 Å². The lowest BCUT2D eigenvalue weighted by Gasteiger charge is -2.07. The molecule has 0 saturated heterocycles. The van der Waals surface area contributed by atoms with E-state index in [-0.39, 0.29) is 11.9 Å². The number of hydrogen-bond donors (Lipinski definition) is 2. The van der Waals surface area contributed by atoms with Crippen molar-refractivity contribution in [3.05, 3.63) is 35.9 Å². The lowest BCUT2D eigenvalue weighted by atomic mass is 10.2. The fourth-order valence-electron chi connectivity index (χ4n) is 1.67. The van der Waals surface area contributed by atoms with Crippen LogP contribution in [-0.2, 0) is 9.53 Å². The van der Waals surface area contributed by atoms with Crippen LogP contribution < -0.4 is 10.6 Å². The molecule has 1 aromatic carbocycles. The quantitative estimate of drug-likeness (QED) is 0.528. The molecule has 0 aliphatic rings. The lowest BCUT2D eigenvalue weighted by Crippen LogP contribution is -2.32. The first kappa shape index (κ1) is 16.2. The first-order valence-electron chi connectivity index (χ1n) is 6.93. The van der Waals surface area contributed by atoms with Gasteiger partial charge in [0, 0.05) is 25.1 Å². The minimum absolute atomic E-state index is 0.0704. The molecule has 110 valence electrons. The van der Waals surface area contributed by atoms with Gasteiger partial charge in [-0.05, 0) is 32.0 Å². The summed E-state index contributed by atoms with van der Waals surface area (Å²) in [6.45, 7) is 4.21. The predicted molar refractivity (Wildman–Crippen MR) is 77.5 cm³/mol. The molecule has 5 nitrogen and oxygen atoms in total. The van der Waals surface area contributed by atoms with Gasteiger partial charge in [-0.15, -0.1) is 0 Å². The number of esters is 1. The summed E-state index contributed by atoms with van der Waals surface area (Å²) in [7, 11) is 0. The Morgan fingerprint density at radius 1 is 1.10 bits per heavy atom. The van der Waals surface area contributed by atoms with Gasteiger partial charge >= 0.3 is 5.97 Å². The molecule has 0 unspecified atom stereocenters. The fraction of sp³-hybridized carbons (Fsp3) is 0.467. The van der Waals surface area contributed by atoms with Crippen LogP contribution in [0.3, 0.4) is 0 Å². The highest BCUT2D eigenvalue weighted by Gasteiger charge is 2.03. The van der Waals surface area contributed by atoms with Crippen LogP contribution in [-0.4, -0.2) is 38.1 Å². The molecule has 0 aliphatic heterocycles. The topological polar surface area (TPSA) is 67.4 Å². The van der Waals surface area contributed by atoms with Crippen LogP contribution in [0.1, 0.15) is 30.1 Å². The number of nitrogens with one attached hydrogen (secondary N) is 2. The van der Waals surface area contributed by atoms with Crippen molar-refractivity contribution < 1.29 is 14.3 Å². The average Bonchev–Trinajstić information content (AvgIpc) is 2.47. The van der Waals surface area contributed by atoms with E-state index >= 15 is 0 Å². The summed E-state index contributed by atoms with van der Waals surface area (Å²) in [5.74, 6) is -0.231. The summed E-state index contributed by atoms with van der Waals surface area (Å²) in [5.41, 5.74) is 0.662. The zero-order valence-corrected chi connectivity index (χ0v) is 11.9. The van der Waals surface area contributed by atoms with Crippen LogP contribution in [0.25, 0.3) is 0 Å². The predicted octanol–water partition coefficient (Wildman–Crippen LogP) is 1.35. The second kappa shape index (κ2) is 9.97. The van der Waals surface area contributed by atoms with Crippen molar-refractivity contribution in [2.45, 2.75) is 19.8 Å². The third-order valence-electron chi connectivity index (χ3n) is 2.66. The molecule has 2 N–H and O–H groups in total. The van der Waals surface area contributed by atoms with Crippen molar-refractivity contribution in [1.29, 1.82) is 0 Å². The van der Waals surface area contributed by atoms with Crippen molar-refractivity contribution in [1.82, 2.24) is 10.6 Å². The van der Waals surface area contributed by atoms with Gasteiger partial charge in [0.1, 0.15) is 0 Å². The van der Waals surface area contributed by atoms with Crippen LogP contribution in [0.5, 0.6) is 0 Å². The molecule has 0 atom stereocenters. The Hall–Kier alpha value is -1.88. The molecule has 0 heterocycles. The van der Waals surface area contributed by atoms with Crippen LogP contribution in [0.2, 0.25) is 0 Å². The third-order valence-corrected chi connectivity index (χ3v) is 2.66. The highest BCUT2D eigenvalue weighted by Crippen LogP contribution is 1.97. The van der Waals surface area contributed by atoms with E-state index in [4.69, 9.17) is 4.74 Å². The van der Waals surface area contributed by atoms with E-state index in [1.807, 2.05) is 18.2 Å². The number of benzene rings is 1. The van der Waals surface area contributed by atoms with E-state index in [0.717, 1.165) is 13.0 Å². The van der Waals surface area contributed by atoms with Crippen molar-refractivity contribution in [2.24, 2.45) is 0 Å². The van der Waals surface area contributed by atoms with Gasteiger partial charge in [0.2, 0.25) is 0 Å². The van der Waals surface area contributed by atoms with Crippen LogP contribution in [0, 0.1) is 0 Å². The van der Waals surface area contributed by atoms with E-state index in [0.29, 0.717) is 31.7 Å². The SMILES string of the molecule is CCOC(=O)CCCNCCNC(=O)c1ccccc1. The van der Waals surface area contributed by atoms with E-state index < -0.39 is 0 Å². The van der Waals surface area contributed by atoms with E-state index in [9.17, 15) is 9.59 Å². The molecule has 0 aliphatic carbocycles. The van der Waals surface area contributed by atoms with E-state index in [1.165, 1.54) is 0 Å². The number of hydrogen-bond acceptors (Lipinski definition) is 4. The monoisotopic (exact) mass is 278 g/mol. The van der Waals surface area contributed by atoms with Gasteiger partial charge in [-0.3, -0.25) is 9.59 Å². The maximum absolute atomic E-state index is 11.7. The van der Waals surface area contributed by atoms with Crippen LogP contribution in [0.4, 0.5) is 0 Å². The Morgan fingerprint density at radius 2 is 1.85 bits per heavy atom. The molecule has 0 radical (unpaired) electrons. The van der Waals surface area contributed by atoms with Crippen molar-refractivity contribution in [2.75, 3.05) is 26.2 Å².